The molecule has 0 atom stereocenters. The summed E-state index contributed by atoms with van der Waals surface area (Å²) in [5.74, 6) is -0.172. The van der Waals surface area contributed by atoms with Crippen LogP contribution in [0.2, 0.25) is 0 Å². The van der Waals surface area contributed by atoms with E-state index < -0.39 is 11.7 Å². The second kappa shape index (κ2) is 5.77. The molecule has 0 aliphatic rings. The van der Waals surface area contributed by atoms with Gasteiger partial charge in [-0.2, -0.15) is 0 Å². The summed E-state index contributed by atoms with van der Waals surface area (Å²) in [7, 11) is 0. The van der Waals surface area contributed by atoms with Crippen LogP contribution in [0.15, 0.2) is 52.9 Å². The van der Waals surface area contributed by atoms with E-state index in [4.69, 9.17) is 4.42 Å². The molecule has 22 heavy (non-hydrogen) atoms. The number of aryl methyl sites for hydroxylation is 1. The first-order chi connectivity index (χ1) is 10.6. The lowest BCUT2D eigenvalue weighted by molar-refractivity contribution is 0.102. The lowest BCUT2D eigenvalue weighted by Gasteiger charge is -2.06. The molecular formula is C16H12FN3O2. The Balaban J connectivity index is 1.76. The average Bonchev–Trinajstić information content (AvgIpc) is 2.95. The number of benzene rings is 2. The molecular weight excluding hydrogens is 285 g/mol. The van der Waals surface area contributed by atoms with Gasteiger partial charge in [0.25, 0.3) is 5.91 Å². The van der Waals surface area contributed by atoms with Gasteiger partial charge in [0.05, 0.1) is 5.56 Å². The molecule has 0 saturated carbocycles. The van der Waals surface area contributed by atoms with Crippen molar-refractivity contribution in [2.24, 2.45) is 0 Å². The summed E-state index contributed by atoms with van der Waals surface area (Å²) in [6.45, 7) is 1.71. The van der Waals surface area contributed by atoms with Crippen molar-refractivity contribution in [3.05, 3.63) is 65.8 Å². The maximum atomic E-state index is 13.5. The van der Waals surface area contributed by atoms with Crippen molar-refractivity contribution in [1.82, 2.24) is 10.2 Å². The number of halogens is 1. The van der Waals surface area contributed by atoms with Crippen LogP contribution in [0.5, 0.6) is 0 Å². The molecule has 6 heteroatoms. The Bertz CT molecular complexity index is 812. The first-order valence-electron chi connectivity index (χ1n) is 6.60. The normalized spacial score (nSPS) is 10.5. The van der Waals surface area contributed by atoms with Crippen LogP contribution in [0.25, 0.3) is 11.5 Å². The number of carbonyl (C=O) groups excluding carboxylic acids is 1. The molecule has 0 bridgehead atoms. The smallest absolute Gasteiger partial charge is 0.258 e. The van der Waals surface area contributed by atoms with Gasteiger partial charge in [-0.25, -0.2) is 4.39 Å². The predicted octanol–water partition coefficient (Wildman–Crippen LogP) is 3.44. The second-order valence-electron chi connectivity index (χ2n) is 4.64. The SMILES string of the molecule is Cc1nnc(-c2ccc(NC(=O)c3ccccc3F)cc2)o1. The first kappa shape index (κ1) is 13.9. The maximum Gasteiger partial charge on any atom is 0.258 e. The number of hydrogen-bond acceptors (Lipinski definition) is 4. The van der Waals surface area contributed by atoms with Crippen molar-refractivity contribution in [3.63, 3.8) is 0 Å². The fourth-order valence-corrected chi connectivity index (χ4v) is 1.95. The van der Waals surface area contributed by atoms with Gasteiger partial charge < -0.3 is 9.73 Å². The Morgan fingerprint density at radius 1 is 1.09 bits per heavy atom. The zero-order valence-electron chi connectivity index (χ0n) is 11.7. The molecule has 0 aliphatic heterocycles. The van der Waals surface area contributed by atoms with Crippen LogP contribution in [0, 0.1) is 12.7 Å². The van der Waals surface area contributed by atoms with E-state index in [2.05, 4.69) is 15.5 Å². The number of nitrogens with zero attached hydrogens (tertiary/aromatic N) is 2. The van der Waals surface area contributed by atoms with Crippen molar-refractivity contribution in [3.8, 4) is 11.5 Å². The number of amides is 1. The molecule has 0 unspecified atom stereocenters. The van der Waals surface area contributed by atoms with E-state index in [0.29, 0.717) is 17.5 Å². The van der Waals surface area contributed by atoms with Gasteiger partial charge in [-0.1, -0.05) is 12.1 Å². The molecule has 1 aromatic heterocycles. The summed E-state index contributed by atoms with van der Waals surface area (Å²) in [4.78, 5) is 12.0. The lowest BCUT2D eigenvalue weighted by Crippen LogP contribution is -2.13. The van der Waals surface area contributed by atoms with Crippen LogP contribution >= 0.6 is 0 Å². The van der Waals surface area contributed by atoms with Crippen LogP contribution in [0.4, 0.5) is 10.1 Å². The molecule has 0 saturated heterocycles. The largest absolute Gasteiger partial charge is 0.421 e. The quantitative estimate of drug-likeness (QED) is 0.804. The molecule has 1 amide bonds. The van der Waals surface area contributed by atoms with Crippen molar-refractivity contribution in [1.29, 1.82) is 0 Å². The lowest BCUT2D eigenvalue weighted by atomic mass is 10.1. The summed E-state index contributed by atoms with van der Waals surface area (Å²) in [5, 5.41) is 10.3. The molecule has 3 rings (SSSR count). The minimum absolute atomic E-state index is 0.000831. The summed E-state index contributed by atoms with van der Waals surface area (Å²) in [6, 6.07) is 12.7. The van der Waals surface area contributed by atoms with E-state index in [-0.39, 0.29) is 5.56 Å². The first-order valence-corrected chi connectivity index (χ1v) is 6.60. The van der Waals surface area contributed by atoms with Crippen molar-refractivity contribution < 1.29 is 13.6 Å². The molecule has 0 fully saturated rings. The van der Waals surface area contributed by atoms with Gasteiger partial charge in [0.15, 0.2) is 0 Å². The van der Waals surface area contributed by atoms with Gasteiger partial charge in [0.1, 0.15) is 5.82 Å². The van der Waals surface area contributed by atoms with E-state index in [1.807, 2.05) is 0 Å². The van der Waals surface area contributed by atoms with Crippen LogP contribution in [0.1, 0.15) is 16.2 Å². The zero-order chi connectivity index (χ0) is 15.5. The zero-order valence-corrected chi connectivity index (χ0v) is 11.7. The third-order valence-corrected chi connectivity index (χ3v) is 3.03. The Labute approximate surface area is 125 Å². The number of aromatic nitrogens is 2. The maximum absolute atomic E-state index is 13.5. The molecule has 0 spiro atoms. The van der Waals surface area contributed by atoms with Crippen molar-refractivity contribution in [2.45, 2.75) is 6.92 Å². The number of nitrogens with one attached hydrogen (secondary N) is 1. The summed E-state index contributed by atoms with van der Waals surface area (Å²) >= 11 is 0. The van der Waals surface area contributed by atoms with Crippen molar-refractivity contribution >= 4 is 11.6 Å². The molecule has 3 aromatic rings. The van der Waals surface area contributed by atoms with Gasteiger partial charge in [0.2, 0.25) is 11.8 Å². The van der Waals surface area contributed by atoms with E-state index in [1.165, 1.54) is 18.2 Å². The minimum atomic E-state index is -0.557. The highest BCUT2D eigenvalue weighted by molar-refractivity contribution is 6.04. The van der Waals surface area contributed by atoms with E-state index in [9.17, 15) is 9.18 Å². The summed E-state index contributed by atoms with van der Waals surface area (Å²) in [6.07, 6.45) is 0. The Morgan fingerprint density at radius 3 is 2.45 bits per heavy atom. The monoisotopic (exact) mass is 297 g/mol. The third-order valence-electron chi connectivity index (χ3n) is 3.03. The highest BCUT2D eigenvalue weighted by Crippen LogP contribution is 2.20. The van der Waals surface area contributed by atoms with Crippen LogP contribution in [-0.4, -0.2) is 16.1 Å². The summed E-state index contributed by atoms with van der Waals surface area (Å²) in [5.41, 5.74) is 1.29. The third kappa shape index (κ3) is 2.85. The topological polar surface area (TPSA) is 68.0 Å². The van der Waals surface area contributed by atoms with Crippen LogP contribution in [0.3, 0.4) is 0 Å². The Hall–Kier alpha value is -3.02. The average molecular weight is 297 g/mol. The fraction of sp³-hybridized carbons (Fsp3) is 0.0625. The number of carbonyl (C=O) groups is 1. The number of hydrogen-bond donors (Lipinski definition) is 1. The van der Waals surface area contributed by atoms with Gasteiger partial charge in [-0.05, 0) is 36.4 Å². The van der Waals surface area contributed by atoms with Gasteiger partial charge in [-0.3, -0.25) is 4.79 Å². The molecule has 0 radical (unpaired) electrons. The fourth-order valence-electron chi connectivity index (χ4n) is 1.95. The molecule has 1 N–H and O–H groups in total. The second-order valence-corrected chi connectivity index (χ2v) is 4.64. The molecule has 2 aromatic carbocycles. The van der Waals surface area contributed by atoms with Gasteiger partial charge >= 0.3 is 0 Å². The van der Waals surface area contributed by atoms with Crippen LogP contribution < -0.4 is 5.32 Å². The van der Waals surface area contributed by atoms with Crippen LogP contribution in [-0.2, 0) is 0 Å². The predicted molar refractivity (Wildman–Crippen MR) is 78.8 cm³/mol. The van der Waals surface area contributed by atoms with Crippen molar-refractivity contribution in [2.75, 3.05) is 5.32 Å². The van der Waals surface area contributed by atoms with Gasteiger partial charge in [-0.15, -0.1) is 10.2 Å². The highest BCUT2D eigenvalue weighted by Gasteiger charge is 2.11. The number of rotatable bonds is 3. The number of anilines is 1. The molecule has 5 nitrogen and oxygen atoms in total. The Morgan fingerprint density at radius 2 is 1.82 bits per heavy atom. The summed E-state index contributed by atoms with van der Waals surface area (Å²) < 4.78 is 18.9. The molecule has 110 valence electrons. The minimum Gasteiger partial charge on any atom is -0.421 e. The van der Waals surface area contributed by atoms with E-state index in [0.717, 1.165) is 5.56 Å². The van der Waals surface area contributed by atoms with E-state index >= 15 is 0 Å². The molecule has 0 aliphatic carbocycles. The standard InChI is InChI=1S/C16H12FN3O2/c1-10-19-20-16(22-10)11-6-8-12(9-7-11)18-15(21)13-4-2-3-5-14(13)17/h2-9H,1H3,(H,18,21). The highest BCUT2D eigenvalue weighted by atomic mass is 19.1. The van der Waals surface area contributed by atoms with Gasteiger partial charge in [0, 0.05) is 18.2 Å². The molecule has 1 heterocycles. The van der Waals surface area contributed by atoms with E-state index in [1.54, 1.807) is 37.3 Å². The Kier molecular flexibility index (Phi) is 3.65.